The van der Waals surface area contributed by atoms with Crippen LogP contribution in [-0.2, 0) is 13.1 Å². The lowest BCUT2D eigenvalue weighted by molar-refractivity contribution is 0.240. The van der Waals surface area contributed by atoms with Crippen molar-refractivity contribution in [1.82, 2.24) is 10.6 Å². The number of amides is 2. The molecule has 0 aliphatic heterocycles. The SMILES string of the molecule is COc1ccc(CNC(=O)NCc2cccc(C)c2)cc1C. The monoisotopic (exact) mass is 298 g/mol. The second-order valence-electron chi connectivity index (χ2n) is 5.33. The zero-order valence-corrected chi connectivity index (χ0v) is 13.3. The van der Waals surface area contributed by atoms with Gasteiger partial charge in [0.1, 0.15) is 5.75 Å². The van der Waals surface area contributed by atoms with E-state index < -0.39 is 0 Å². The molecule has 0 aliphatic rings. The minimum atomic E-state index is -0.171. The van der Waals surface area contributed by atoms with E-state index >= 15 is 0 Å². The van der Waals surface area contributed by atoms with Crippen LogP contribution in [0.25, 0.3) is 0 Å². The van der Waals surface area contributed by atoms with Gasteiger partial charge in [0.05, 0.1) is 7.11 Å². The van der Waals surface area contributed by atoms with Crippen LogP contribution in [0.1, 0.15) is 22.3 Å². The summed E-state index contributed by atoms with van der Waals surface area (Å²) < 4.78 is 5.22. The Morgan fingerprint density at radius 3 is 2.27 bits per heavy atom. The lowest BCUT2D eigenvalue weighted by Gasteiger charge is -2.10. The molecular formula is C18H22N2O2. The minimum Gasteiger partial charge on any atom is -0.496 e. The van der Waals surface area contributed by atoms with Crippen LogP contribution in [0.5, 0.6) is 5.75 Å². The fourth-order valence-electron chi connectivity index (χ4n) is 2.30. The van der Waals surface area contributed by atoms with Crippen LogP contribution in [0.3, 0.4) is 0 Å². The molecule has 4 heteroatoms. The molecule has 0 unspecified atom stereocenters. The fourth-order valence-corrected chi connectivity index (χ4v) is 2.30. The topological polar surface area (TPSA) is 50.4 Å². The first-order valence-electron chi connectivity index (χ1n) is 7.29. The Kier molecular flexibility index (Phi) is 5.42. The van der Waals surface area contributed by atoms with E-state index in [2.05, 4.69) is 16.7 Å². The van der Waals surface area contributed by atoms with Crippen LogP contribution in [0.15, 0.2) is 42.5 Å². The number of aryl methyl sites for hydroxylation is 2. The molecule has 0 spiro atoms. The molecule has 0 aromatic heterocycles. The number of methoxy groups -OCH3 is 1. The van der Waals surface area contributed by atoms with Gasteiger partial charge in [0, 0.05) is 13.1 Å². The second kappa shape index (κ2) is 7.50. The third-order valence-corrected chi connectivity index (χ3v) is 3.45. The Morgan fingerprint density at radius 2 is 1.68 bits per heavy atom. The summed E-state index contributed by atoms with van der Waals surface area (Å²) in [4.78, 5) is 11.8. The molecule has 2 aromatic rings. The summed E-state index contributed by atoms with van der Waals surface area (Å²) in [6.45, 7) is 5.04. The molecule has 2 aromatic carbocycles. The van der Waals surface area contributed by atoms with Crippen molar-refractivity contribution in [2.24, 2.45) is 0 Å². The van der Waals surface area contributed by atoms with Crippen LogP contribution in [-0.4, -0.2) is 13.1 Å². The maximum atomic E-state index is 11.8. The van der Waals surface area contributed by atoms with Gasteiger partial charge in [-0.05, 0) is 36.6 Å². The summed E-state index contributed by atoms with van der Waals surface area (Å²) in [7, 11) is 1.65. The number of carbonyl (C=O) groups is 1. The van der Waals surface area contributed by atoms with Gasteiger partial charge in [-0.15, -0.1) is 0 Å². The standard InChI is InChI=1S/C18H22N2O2/c1-13-5-4-6-15(9-13)11-19-18(21)20-12-16-7-8-17(22-3)14(2)10-16/h4-10H,11-12H2,1-3H3,(H2,19,20,21). The molecule has 4 nitrogen and oxygen atoms in total. The lowest BCUT2D eigenvalue weighted by atomic mass is 10.1. The second-order valence-corrected chi connectivity index (χ2v) is 5.33. The lowest BCUT2D eigenvalue weighted by Crippen LogP contribution is -2.34. The Morgan fingerprint density at radius 1 is 1.00 bits per heavy atom. The Balaban J connectivity index is 1.81. The molecule has 22 heavy (non-hydrogen) atoms. The number of carbonyl (C=O) groups excluding carboxylic acids is 1. The van der Waals surface area contributed by atoms with E-state index in [1.54, 1.807) is 7.11 Å². The highest BCUT2D eigenvalue weighted by molar-refractivity contribution is 5.73. The number of hydrogen-bond acceptors (Lipinski definition) is 2. The molecule has 116 valence electrons. The molecule has 2 amide bonds. The van der Waals surface area contributed by atoms with Gasteiger partial charge < -0.3 is 15.4 Å². The zero-order chi connectivity index (χ0) is 15.9. The number of urea groups is 1. The van der Waals surface area contributed by atoms with E-state index in [1.165, 1.54) is 5.56 Å². The molecule has 0 fully saturated rings. The van der Waals surface area contributed by atoms with Crippen LogP contribution in [0.2, 0.25) is 0 Å². The molecule has 2 rings (SSSR count). The van der Waals surface area contributed by atoms with Crippen molar-refractivity contribution in [3.8, 4) is 5.75 Å². The molecular weight excluding hydrogens is 276 g/mol. The number of nitrogens with one attached hydrogen (secondary N) is 2. The van der Waals surface area contributed by atoms with Gasteiger partial charge in [-0.2, -0.15) is 0 Å². The first-order valence-corrected chi connectivity index (χ1v) is 7.29. The Labute approximate surface area is 131 Å². The highest BCUT2D eigenvalue weighted by atomic mass is 16.5. The van der Waals surface area contributed by atoms with Gasteiger partial charge in [0.2, 0.25) is 0 Å². The van der Waals surface area contributed by atoms with E-state index in [1.807, 2.05) is 50.2 Å². The average molecular weight is 298 g/mol. The first kappa shape index (κ1) is 15.9. The Bertz CT molecular complexity index is 653. The van der Waals surface area contributed by atoms with Crippen molar-refractivity contribution >= 4 is 6.03 Å². The van der Waals surface area contributed by atoms with Crippen molar-refractivity contribution in [2.75, 3.05) is 7.11 Å². The number of ether oxygens (including phenoxy) is 1. The fraction of sp³-hybridized carbons (Fsp3) is 0.278. The van der Waals surface area contributed by atoms with E-state index in [0.29, 0.717) is 13.1 Å². The largest absolute Gasteiger partial charge is 0.496 e. The van der Waals surface area contributed by atoms with Gasteiger partial charge in [-0.25, -0.2) is 4.79 Å². The Hall–Kier alpha value is -2.49. The van der Waals surface area contributed by atoms with Crippen molar-refractivity contribution < 1.29 is 9.53 Å². The van der Waals surface area contributed by atoms with Crippen LogP contribution in [0, 0.1) is 13.8 Å². The van der Waals surface area contributed by atoms with Gasteiger partial charge in [0.15, 0.2) is 0 Å². The smallest absolute Gasteiger partial charge is 0.315 e. The van der Waals surface area contributed by atoms with E-state index in [0.717, 1.165) is 22.4 Å². The summed E-state index contributed by atoms with van der Waals surface area (Å²) in [6, 6.07) is 13.8. The molecule has 0 atom stereocenters. The minimum absolute atomic E-state index is 0.171. The van der Waals surface area contributed by atoms with E-state index in [9.17, 15) is 4.79 Å². The number of hydrogen-bond donors (Lipinski definition) is 2. The maximum Gasteiger partial charge on any atom is 0.315 e. The predicted molar refractivity (Wildman–Crippen MR) is 88.0 cm³/mol. The van der Waals surface area contributed by atoms with Crippen molar-refractivity contribution in [2.45, 2.75) is 26.9 Å². The summed E-state index contributed by atoms with van der Waals surface area (Å²) >= 11 is 0. The van der Waals surface area contributed by atoms with Crippen molar-refractivity contribution in [3.05, 3.63) is 64.7 Å². The zero-order valence-electron chi connectivity index (χ0n) is 13.3. The van der Waals surface area contributed by atoms with Gasteiger partial charge in [-0.1, -0.05) is 42.0 Å². The van der Waals surface area contributed by atoms with Gasteiger partial charge in [0.25, 0.3) is 0 Å². The molecule has 2 N–H and O–H groups in total. The third kappa shape index (κ3) is 4.52. The molecule has 0 saturated carbocycles. The third-order valence-electron chi connectivity index (χ3n) is 3.45. The van der Waals surface area contributed by atoms with Gasteiger partial charge in [-0.3, -0.25) is 0 Å². The summed E-state index contributed by atoms with van der Waals surface area (Å²) in [5.41, 5.74) is 4.38. The molecule has 0 bridgehead atoms. The highest BCUT2D eigenvalue weighted by Gasteiger charge is 2.03. The average Bonchev–Trinajstić information content (AvgIpc) is 2.51. The first-order chi connectivity index (χ1) is 10.6. The highest BCUT2D eigenvalue weighted by Crippen LogP contribution is 2.18. The summed E-state index contributed by atoms with van der Waals surface area (Å²) in [5.74, 6) is 0.854. The molecule has 0 heterocycles. The predicted octanol–water partition coefficient (Wildman–Crippen LogP) is 3.31. The van der Waals surface area contributed by atoms with Crippen molar-refractivity contribution in [1.29, 1.82) is 0 Å². The molecule has 0 saturated heterocycles. The van der Waals surface area contributed by atoms with Crippen molar-refractivity contribution in [3.63, 3.8) is 0 Å². The maximum absolute atomic E-state index is 11.8. The van der Waals surface area contributed by atoms with E-state index in [4.69, 9.17) is 4.74 Å². The quantitative estimate of drug-likeness (QED) is 0.889. The molecule has 0 aliphatic carbocycles. The van der Waals surface area contributed by atoms with Gasteiger partial charge >= 0.3 is 6.03 Å². The molecule has 0 radical (unpaired) electrons. The van der Waals surface area contributed by atoms with Crippen LogP contribution >= 0.6 is 0 Å². The number of benzene rings is 2. The van der Waals surface area contributed by atoms with Crippen LogP contribution in [0.4, 0.5) is 4.79 Å². The number of rotatable bonds is 5. The summed E-state index contributed by atoms with van der Waals surface area (Å²) in [5, 5.41) is 5.72. The van der Waals surface area contributed by atoms with Crippen LogP contribution < -0.4 is 15.4 Å². The summed E-state index contributed by atoms with van der Waals surface area (Å²) in [6.07, 6.45) is 0. The van der Waals surface area contributed by atoms with E-state index in [-0.39, 0.29) is 6.03 Å². The normalized spacial score (nSPS) is 10.1.